The van der Waals surface area contributed by atoms with Gasteiger partial charge in [0.05, 0.1) is 13.2 Å². The van der Waals surface area contributed by atoms with E-state index in [2.05, 4.69) is 29.5 Å². The van der Waals surface area contributed by atoms with Crippen LogP contribution in [-0.2, 0) is 9.47 Å². The van der Waals surface area contributed by atoms with E-state index >= 15 is 0 Å². The second-order valence-electron chi connectivity index (χ2n) is 5.27. The maximum atomic E-state index is 5.41. The zero-order valence-corrected chi connectivity index (χ0v) is 16.4. The lowest BCUT2D eigenvalue weighted by molar-refractivity contribution is 0.0689. The van der Waals surface area contributed by atoms with Gasteiger partial charge in [-0.05, 0) is 31.6 Å². The average molecular weight is 415 g/mol. The summed E-state index contributed by atoms with van der Waals surface area (Å²) in [5.74, 6) is 1.67. The quantitative estimate of drug-likeness (QED) is 0.223. The van der Waals surface area contributed by atoms with E-state index in [-0.39, 0.29) is 24.0 Å². The van der Waals surface area contributed by atoms with E-state index in [0.717, 1.165) is 44.4 Å². The first kappa shape index (κ1) is 23.2. The number of ether oxygens (including phenoxy) is 2. The highest BCUT2D eigenvalue weighted by Gasteiger charge is 1.98. The van der Waals surface area contributed by atoms with Crippen LogP contribution in [0.15, 0.2) is 4.99 Å². The lowest BCUT2D eigenvalue weighted by Crippen LogP contribution is -2.38. The van der Waals surface area contributed by atoms with Crippen molar-refractivity contribution in [2.45, 2.75) is 39.5 Å². The molecule has 2 N–H and O–H groups in total. The Morgan fingerprint density at radius 2 is 1.67 bits per heavy atom. The Kier molecular flexibility index (Phi) is 19.8. The molecule has 0 aliphatic rings. The molecule has 0 rings (SSSR count). The number of hydrogen-bond donors (Lipinski definition) is 2. The molecule has 0 heterocycles. The van der Waals surface area contributed by atoms with Crippen LogP contribution >= 0.6 is 24.0 Å². The third kappa shape index (κ3) is 17.9. The van der Waals surface area contributed by atoms with Crippen molar-refractivity contribution in [2.24, 2.45) is 10.9 Å². The first-order valence-electron chi connectivity index (χ1n) is 7.72. The van der Waals surface area contributed by atoms with Crippen LogP contribution in [0.2, 0.25) is 0 Å². The van der Waals surface area contributed by atoms with Gasteiger partial charge in [-0.2, -0.15) is 0 Å². The minimum Gasteiger partial charge on any atom is -0.382 e. The molecule has 0 aromatic heterocycles. The number of hydrogen-bond acceptors (Lipinski definition) is 3. The van der Waals surface area contributed by atoms with Crippen molar-refractivity contribution in [3.8, 4) is 0 Å². The maximum absolute atomic E-state index is 5.41. The summed E-state index contributed by atoms with van der Waals surface area (Å²) in [7, 11) is 3.50. The van der Waals surface area contributed by atoms with Crippen LogP contribution in [0.25, 0.3) is 0 Å². The van der Waals surface area contributed by atoms with Gasteiger partial charge in [-0.3, -0.25) is 4.99 Å². The van der Waals surface area contributed by atoms with E-state index < -0.39 is 0 Å². The summed E-state index contributed by atoms with van der Waals surface area (Å²) in [5.41, 5.74) is 0. The van der Waals surface area contributed by atoms with Gasteiger partial charge in [-0.1, -0.05) is 13.8 Å². The third-order valence-corrected chi connectivity index (χ3v) is 2.91. The third-order valence-electron chi connectivity index (χ3n) is 2.91. The second kappa shape index (κ2) is 18.0. The van der Waals surface area contributed by atoms with Crippen LogP contribution in [-0.4, -0.2) is 53.0 Å². The number of methoxy groups -OCH3 is 1. The predicted molar refractivity (Wildman–Crippen MR) is 101 cm³/mol. The molecule has 0 saturated heterocycles. The Balaban J connectivity index is 0. The molecule has 0 saturated carbocycles. The first-order chi connectivity index (χ1) is 9.70. The van der Waals surface area contributed by atoms with E-state index in [9.17, 15) is 0 Å². The zero-order chi connectivity index (χ0) is 15.1. The smallest absolute Gasteiger partial charge is 0.190 e. The fourth-order valence-electron chi connectivity index (χ4n) is 1.72. The second-order valence-corrected chi connectivity index (χ2v) is 5.27. The van der Waals surface area contributed by atoms with Gasteiger partial charge in [0.2, 0.25) is 0 Å². The molecule has 0 unspecified atom stereocenters. The number of rotatable bonds is 12. The molecule has 6 heteroatoms. The highest BCUT2D eigenvalue weighted by atomic mass is 127. The summed E-state index contributed by atoms with van der Waals surface area (Å²) in [6.07, 6.45) is 4.58. The molecule has 0 bridgehead atoms. The summed E-state index contributed by atoms with van der Waals surface area (Å²) in [5, 5.41) is 6.65. The van der Waals surface area contributed by atoms with E-state index in [1.165, 1.54) is 12.8 Å². The van der Waals surface area contributed by atoms with Gasteiger partial charge in [0, 0.05) is 33.9 Å². The van der Waals surface area contributed by atoms with Gasteiger partial charge >= 0.3 is 0 Å². The number of unbranched alkanes of at least 4 members (excludes halogenated alkanes) is 1. The number of aliphatic imine (C=N–C) groups is 1. The molecular weight excluding hydrogens is 381 g/mol. The summed E-state index contributed by atoms with van der Waals surface area (Å²) in [4.78, 5) is 4.21. The minimum atomic E-state index is 0. The van der Waals surface area contributed by atoms with Gasteiger partial charge in [0.1, 0.15) is 0 Å². The molecule has 0 aromatic carbocycles. The maximum Gasteiger partial charge on any atom is 0.190 e. The van der Waals surface area contributed by atoms with Crippen molar-refractivity contribution in [3.05, 3.63) is 0 Å². The van der Waals surface area contributed by atoms with E-state index in [1.807, 2.05) is 7.05 Å². The SMILES string of the molecule is CN=C(NCCCCOCCOC)NCCCC(C)C.I. The minimum absolute atomic E-state index is 0. The highest BCUT2D eigenvalue weighted by Crippen LogP contribution is 2.01. The molecule has 0 amide bonds. The van der Waals surface area contributed by atoms with E-state index in [4.69, 9.17) is 9.47 Å². The zero-order valence-electron chi connectivity index (χ0n) is 14.1. The monoisotopic (exact) mass is 415 g/mol. The summed E-state index contributed by atoms with van der Waals surface area (Å²) in [6.45, 7) is 8.57. The molecule has 5 nitrogen and oxygen atoms in total. The molecule has 0 aliphatic carbocycles. The van der Waals surface area contributed by atoms with E-state index in [0.29, 0.717) is 13.2 Å². The fourth-order valence-corrected chi connectivity index (χ4v) is 1.72. The van der Waals surface area contributed by atoms with Crippen molar-refractivity contribution in [3.63, 3.8) is 0 Å². The Morgan fingerprint density at radius 3 is 2.24 bits per heavy atom. The van der Waals surface area contributed by atoms with Gasteiger partial charge in [-0.15, -0.1) is 24.0 Å². The lowest BCUT2D eigenvalue weighted by atomic mass is 10.1. The number of guanidine groups is 1. The van der Waals surface area contributed by atoms with Crippen LogP contribution < -0.4 is 10.6 Å². The molecular formula is C15H34IN3O2. The highest BCUT2D eigenvalue weighted by molar-refractivity contribution is 14.0. The van der Waals surface area contributed by atoms with Crippen molar-refractivity contribution in [1.82, 2.24) is 10.6 Å². The summed E-state index contributed by atoms with van der Waals surface area (Å²) >= 11 is 0. The first-order valence-corrected chi connectivity index (χ1v) is 7.72. The van der Waals surface area contributed by atoms with Crippen LogP contribution in [0.1, 0.15) is 39.5 Å². The number of halogens is 1. The molecule has 0 fully saturated rings. The molecule has 0 atom stereocenters. The van der Waals surface area contributed by atoms with Crippen molar-refractivity contribution in [1.29, 1.82) is 0 Å². The van der Waals surface area contributed by atoms with Crippen LogP contribution in [0, 0.1) is 5.92 Å². The van der Waals surface area contributed by atoms with Gasteiger partial charge in [0.25, 0.3) is 0 Å². The van der Waals surface area contributed by atoms with Gasteiger partial charge < -0.3 is 20.1 Å². The fraction of sp³-hybridized carbons (Fsp3) is 0.933. The van der Waals surface area contributed by atoms with Crippen molar-refractivity contribution < 1.29 is 9.47 Å². The Hall–Kier alpha value is -0.0800. The predicted octanol–water partition coefficient (Wildman–Crippen LogP) is 2.65. The number of nitrogens with zero attached hydrogens (tertiary/aromatic N) is 1. The Labute approximate surface area is 147 Å². The molecule has 0 aromatic rings. The standard InChI is InChI=1S/C15H33N3O2.HI/c1-14(2)8-7-10-18-15(16-3)17-9-5-6-11-20-13-12-19-4;/h14H,5-13H2,1-4H3,(H2,16,17,18);1H. The average Bonchev–Trinajstić information content (AvgIpc) is 2.43. The van der Waals surface area contributed by atoms with Crippen LogP contribution in [0.3, 0.4) is 0 Å². The normalized spacial score (nSPS) is 11.4. The topological polar surface area (TPSA) is 54.9 Å². The Bertz CT molecular complexity index is 239. The van der Waals surface area contributed by atoms with Crippen LogP contribution in [0.4, 0.5) is 0 Å². The van der Waals surface area contributed by atoms with Gasteiger partial charge in [0.15, 0.2) is 5.96 Å². The van der Waals surface area contributed by atoms with Gasteiger partial charge in [-0.25, -0.2) is 0 Å². The summed E-state index contributed by atoms with van der Waals surface area (Å²) < 4.78 is 10.3. The van der Waals surface area contributed by atoms with Crippen LogP contribution in [0.5, 0.6) is 0 Å². The van der Waals surface area contributed by atoms with E-state index in [1.54, 1.807) is 7.11 Å². The van der Waals surface area contributed by atoms with Crippen molar-refractivity contribution in [2.75, 3.05) is 47.1 Å². The molecule has 0 spiro atoms. The molecule has 0 aliphatic heterocycles. The molecule has 21 heavy (non-hydrogen) atoms. The largest absolute Gasteiger partial charge is 0.382 e. The molecule has 128 valence electrons. The lowest BCUT2D eigenvalue weighted by Gasteiger charge is -2.12. The Morgan fingerprint density at radius 1 is 1.00 bits per heavy atom. The molecule has 0 radical (unpaired) electrons. The summed E-state index contributed by atoms with van der Waals surface area (Å²) in [6, 6.07) is 0. The van der Waals surface area contributed by atoms with Crippen molar-refractivity contribution >= 4 is 29.9 Å². The number of nitrogens with one attached hydrogen (secondary N) is 2.